The number of halogens is 1. The molecule has 3 nitrogen and oxygen atoms in total. The first-order chi connectivity index (χ1) is 9.49. The second-order valence-corrected chi connectivity index (χ2v) is 6.41. The molecule has 1 aromatic heterocycles. The first kappa shape index (κ1) is 14.9. The van der Waals surface area contributed by atoms with Crippen LogP contribution in [0, 0.1) is 0 Å². The smallest absolute Gasteiger partial charge is 0.263 e. The van der Waals surface area contributed by atoms with Crippen LogP contribution >= 0.6 is 27.3 Å². The zero-order valence-electron chi connectivity index (χ0n) is 11.2. The number of hydrogen-bond donors (Lipinski definition) is 0. The number of carbonyl (C=O) groups is 2. The van der Waals surface area contributed by atoms with Crippen molar-refractivity contribution < 1.29 is 9.59 Å². The number of rotatable bonds is 4. The number of carbonyl (C=O) groups excluding carboxylic acids is 2. The lowest BCUT2D eigenvalue weighted by molar-refractivity contribution is 0.0789. The van der Waals surface area contributed by atoms with E-state index >= 15 is 0 Å². The van der Waals surface area contributed by atoms with E-state index in [2.05, 4.69) is 15.9 Å². The fourth-order valence-corrected chi connectivity index (χ4v) is 3.09. The minimum atomic E-state index is -0.0711. The van der Waals surface area contributed by atoms with Crippen molar-refractivity contribution in [3.8, 4) is 0 Å². The Morgan fingerprint density at radius 1 is 1.15 bits per heavy atom. The summed E-state index contributed by atoms with van der Waals surface area (Å²) < 4.78 is 0.982. The maximum atomic E-state index is 12.3. The normalized spacial score (nSPS) is 10.3. The molecular formula is C15H14BrNO2S. The zero-order valence-corrected chi connectivity index (χ0v) is 13.6. The molecule has 2 rings (SSSR count). The summed E-state index contributed by atoms with van der Waals surface area (Å²) in [5.41, 5.74) is 1.05. The Morgan fingerprint density at radius 3 is 2.40 bits per heavy atom. The Morgan fingerprint density at radius 2 is 1.80 bits per heavy atom. The van der Waals surface area contributed by atoms with Crippen LogP contribution in [0.2, 0.25) is 0 Å². The Labute approximate surface area is 130 Å². The predicted octanol–water partition coefficient (Wildman–Crippen LogP) is 3.99. The Bertz CT molecular complexity index is 651. The van der Waals surface area contributed by atoms with Crippen molar-refractivity contribution in [3.05, 3.63) is 56.2 Å². The van der Waals surface area contributed by atoms with E-state index in [4.69, 9.17) is 0 Å². The first-order valence-corrected chi connectivity index (χ1v) is 7.69. The second-order valence-electron chi connectivity index (χ2n) is 4.47. The van der Waals surface area contributed by atoms with Crippen molar-refractivity contribution in [1.29, 1.82) is 0 Å². The van der Waals surface area contributed by atoms with Gasteiger partial charge in [-0.15, -0.1) is 11.3 Å². The van der Waals surface area contributed by atoms with Gasteiger partial charge in [-0.1, -0.05) is 34.1 Å². The van der Waals surface area contributed by atoms with Gasteiger partial charge in [0.2, 0.25) is 0 Å². The summed E-state index contributed by atoms with van der Waals surface area (Å²) in [6.07, 6.45) is 0. The lowest BCUT2D eigenvalue weighted by Crippen LogP contribution is -2.25. The molecule has 104 valence electrons. The van der Waals surface area contributed by atoms with Gasteiger partial charge in [0.15, 0.2) is 5.78 Å². The second kappa shape index (κ2) is 6.33. The fourth-order valence-electron chi connectivity index (χ4n) is 1.78. The highest BCUT2D eigenvalue weighted by molar-refractivity contribution is 9.10. The van der Waals surface area contributed by atoms with Crippen LogP contribution < -0.4 is 0 Å². The largest absolute Gasteiger partial charge is 0.337 e. The van der Waals surface area contributed by atoms with Crippen molar-refractivity contribution in [2.24, 2.45) is 0 Å². The highest BCUT2D eigenvalue weighted by Gasteiger charge is 2.16. The fraction of sp³-hybridized carbons (Fsp3) is 0.200. The molecule has 0 aliphatic heterocycles. The standard InChI is InChI=1S/C15H14BrNO2S/c1-10(18)13-7-8-14(20-13)15(19)17(2)9-11-5-3-4-6-12(11)16/h3-8H,9H2,1-2H3. The topological polar surface area (TPSA) is 37.4 Å². The van der Waals surface area contributed by atoms with Gasteiger partial charge in [0, 0.05) is 18.1 Å². The summed E-state index contributed by atoms with van der Waals surface area (Å²) in [7, 11) is 1.76. The molecule has 0 aliphatic rings. The summed E-state index contributed by atoms with van der Waals surface area (Å²) in [6.45, 7) is 2.03. The summed E-state index contributed by atoms with van der Waals surface area (Å²) in [5.74, 6) is -0.0826. The number of Topliss-reactive ketones (excluding diaryl/α,β-unsaturated/α-hetero) is 1. The van der Waals surface area contributed by atoms with Gasteiger partial charge in [0.1, 0.15) is 0 Å². The van der Waals surface area contributed by atoms with Crippen molar-refractivity contribution in [1.82, 2.24) is 4.90 Å². The molecule has 2 aromatic rings. The average Bonchev–Trinajstić information content (AvgIpc) is 2.90. The Balaban J connectivity index is 2.12. The molecule has 0 bridgehead atoms. The van der Waals surface area contributed by atoms with Gasteiger partial charge in [-0.05, 0) is 30.7 Å². The minimum absolute atomic E-state index is 0.0116. The minimum Gasteiger partial charge on any atom is -0.337 e. The number of benzene rings is 1. The number of amides is 1. The van der Waals surface area contributed by atoms with E-state index in [0.29, 0.717) is 16.3 Å². The van der Waals surface area contributed by atoms with E-state index in [-0.39, 0.29) is 11.7 Å². The maximum Gasteiger partial charge on any atom is 0.263 e. The van der Waals surface area contributed by atoms with Gasteiger partial charge < -0.3 is 4.90 Å². The van der Waals surface area contributed by atoms with Gasteiger partial charge in [-0.2, -0.15) is 0 Å². The molecule has 5 heteroatoms. The van der Waals surface area contributed by atoms with E-state index in [9.17, 15) is 9.59 Å². The lowest BCUT2D eigenvalue weighted by atomic mass is 10.2. The van der Waals surface area contributed by atoms with Gasteiger partial charge >= 0.3 is 0 Å². The van der Waals surface area contributed by atoms with Crippen LogP contribution in [-0.2, 0) is 6.54 Å². The van der Waals surface area contributed by atoms with E-state index in [1.165, 1.54) is 18.3 Å². The average molecular weight is 352 g/mol. The van der Waals surface area contributed by atoms with Crippen molar-refractivity contribution in [3.63, 3.8) is 0 Å². The van der Waals surface area contributed by atoms with E-state index < -0.39 is 0 Å². The Kier molecular flexibility index (Phi) is 4.73. The summed E-state index contributed by atoms with van der Waals surface area (Å²) in [5, 5.41) is 0. The van der Waals surface area contributed by atoms with Crippen LogP contribution in [0.3, 0.4) is 0 Å². The van der Waals surface area contributed by atoms with Gasteiger partial charge in [-0.3, -0.25) is 9.59 Å². The molecule has 0 aliphatic carbocycles. The highest BCUT2D eigenvalue weighted by Crippen LogP contribution is 2.21. The molecule has 0 saturated heterocycles. The van der Waals surface area contributed by atoms with Gasteiger partial charge in [0.05, 0.1) is 9.75 Å². The van der Waals surface area contributed by atoms with E-state index in [0.717, 1.165) is 10.0 Å². The van der Waals surface area contributed by atoms with Crippen LogP contribution in [0.15, 0.2) is 40.9 Å². The number of thiophene rings is 1. The number of nitrogens with zero attached hydrogens (tertiary/aromatic N) is 1. The van der Waals surface area contributed by atoms with Crippen molar-refractivity contribution in [2.75, 3.05) is 7.05 Å². The van der Waals surface area contributed by atoms with Crippen LogP contribution in [0.4, 0.5) is 0 Å². The molecule has 0 N–H and O–H groups in total. The summed E-state index contributed by atoms with van der Waals surface area (Å²) in [6, 6.07) is 11.2. The number of ketones is 1. The maximum absolute atomic E-state index is 12.3. The van der Waals surface area contributed by atoms with Gasteiger partial charge in [-0.25, -0.2) is 0 Å². The molecular weight excluding hydrogens is 338 g/mol. The molecule has 0 radical (unpaired) electrons. The first-order valence-electron chi connectivity index (χ1n) is 6.08. The Hall–Kier alpha value is -1.46. The third-order valence-electron chi connectivity index (χ3n) is 2.88. The SMILES string of the molecule is CC(=O)c1ccc(C(=O)N(C)Cc2ccccc2Br)s1. The lowest BCUT2D eigenvalue weighted by Gasteiger charge is -2.17. The predicted molar refractivity (Wildman–Crippen MR) is 84.3 cm³/mol. The molecule has 0 atom stereocenters. The molecule has 0 unspecified atom stereocenters. The van der Waals surface area contributed by atoms with Crippen molar-refractivity contribution >= 4 is 39.0 Å². The van der Waals surface area contributed by atoms with Crippen molar-refractivity contribution in [2.45, 2.75) is 13.5 Å². The molecule has 0 saturated carbocycles. The van der Waals surface area contributed by atoms with E-state index in [1.54, 1.807) is 24.1 Å². The van der Waals surface area contributed by atoms with Crippen LogP contribution in [0.5, 0.6) is 0 Å². The molecule has 1 amide bonds. The molecule has 1 aromatic carbocycles. The third kappa shape index (κ3) is 3.35. The molecule has 0 spiro atoms. The number of hydrogen-bond acceptors (Lipinski definition) is 3. The highest BCUT2D eigenvalue weighted by atomic mass is 79.9. The molecule has 20 heavy (non-hydrogen) atoms. The summed E-state index contributed by atoms with van der Waals surface area (Å²) >= 11 is 4.71. The van der Waals surface area contributed by atoms with E-state index in [1.807, 2.05) is 24.3 Å². The monoisotopic (exact) mass is 351 g/mol. The van der Waals surface area contributed by atoms with Crippen LogP contribution in [-0.4, -0.2) is 23.6 Å². The van der Waals surface area contributed by atoms with Crippen LogP contribution in [0.1, 0.15) is 31.8 Å². The third-order valence-corrected chi connectivity index (χ3v) is 4.82. The van der Waals surface area contributed by atoms with Crippen LogP contribution in [0.25, 0.3) is 0 Å². The molecule has 1 heterocycles. The van der Waals surface area contributed by atoms with Gasteiger partial charge in [0.25, 0.3) is 5.91 Å². The zero-order chi connectivity index (χ0) is 14.7. The quantitative estimate of drug-likeness (QED) is 0.781. The molecule has 0 fully saturated rings. The summed E-state index contributed by atoms with van der Waals surface area (Å²) in [4.78, 5) is 26.4.